The molecule has 0 saturated heterocycles. The number of fused-ring (bicyclic) bond motifs is 1. The van der Waals surface area contributed by atoms with Crippen LogP contribution in [0.25, 0.3) is 0 Å². The van der Waals surface area contributed by atoms with Crippen LogP contribution in [0.1, 0.15) is 29.8 Å². The van der Waals surface area contributed by atoms with Gasteiger partial charge in [0.05, 0.1) is 16.1 Å². The lowest BCUT2D eigenvalue weighted by atomic mass is 10.0. The number of nitrogens with zero attached hydrogens (tertiary/aromatic N) is 1. The highest BCUT2D eigenvalue weighted by atomic mass is 16.7. The number of nitro benzene ring substituents is 1. The van der Waals surface area contributed by atoms with Crippen molar-refractivity contribution in [2.24, 2.45) is 0 Å². The number of aromatic hydroxyl groups is 1. The fraction of sp³-hybridized carbons (Fsp3) is 0.417. The Hall–Kier alpha value is -2.15. The summed E-state index contributed by atoms with van der Waals surface area (Å²) in [6, 6.07) is 1.03. The third kappa shape index (κ3) is 2.24. The predicted molar refractivity (Wildman–Crippen MR) is 64.5 cm³/mol. The first kappa shape index (κ1) is 13.3. The zero-order chi connectivity index (χ0) is 14.2. The molecular weight excluding hydrogens is 254 g/mol. The average Bonchev–Trinajstić information content (AvgIpc) is 2.73. The zero-order valence-electron chi connectivity index (χ0n) is 10.5. The van der Waals surface area contributed by atoms with Crippen LogP contribution in [0.3, 0.4) is 0 Å². The first-order valence-electron chi connectivity index (χ1n) is 5.78. The van der Waals surface area contributed by atoms with E-state index in [1.807, 2.05) is 0 Å². The lowest BCUT2D eigenvalue weighted by Crippen LogP contribution is -2.17. The number of Topliss-reactive ketones (excluding diaryl/α,β-unsaturated/α-hetero) is 1. The van der Waals surface area contributed by atoms with E-state index in [-0.39, 0.29) is 34.7 Å². The van der Waals surface area contributed by atoms with Gasteiger partial charge in [0.15, 0.2) is 5.78 Å². The number of ketones is 1. The molecule has 102 valence electrons. The van der Waals surface area contributed by atoms with Crippen LogP contribution >= 0.6 is 0 Å². The molecule has 2 rings (SSSR count). The third-order valence-corrected chi connectivity index (χ3v) is 2.88. The Kier molecular flexibility index (Phi) is 3.39. The predicted octanol–water partition coefficient (Wildman–Crippen LogP) is 1.80. The lowest BCUT2D eigenvalue weighted by molar-refractivity contribution is -0.386. The molecule has 1 aliphatic heterocycles. The molecule has 1 atom stereocenters. The maximum atomic E-state index is 11.4. The molecule has 0 saturated carbocycles. The highest BCUT2D eigenvalue weighted by molar-refractivity contribution is 5.98. The molecule has 7 nitrogen and oxygen atoms in total. The van der Waals surface area contributed by atoms with E-state index in [1.165, 1.54) is 6.92 Å². The van der Waals surface area contributed by atoms with Crippen LogP contribution in [0.5, 0.6) is 11.5 Å². The number of carbonyl (C=O) groups excluding carboxylic acids is 1. The Balaban J connectivity index is 2.55. The number of benzene rings is 1. The topological polar surface area (TPSA) is 98.9 Å². The van der Waals surface area contributed by atoms with Gasteiger partial charge in [-0.15, -0.1) is 0 Å². The van der Waals surface area contributed by atoms with Gasteiger partial charge in [0.2, 0.25) is 12.0 Å². The quantitative estimate of drug-likeness (QED) is 0.507. The second kappa shape index (κ2) is 4.85. The number of phenolic OH excluding ortho intramolecular Hbond substituents is 1. The van der Waals surface area contributed by atoms with Crippen molar-refractivity contribution in [3.05, 3.63) is 27.3 Å². The first-order chi connectivity index (χ1) is 8.95. The van der Waals surface area contributed by atoms with Crippen LogP contribution in [0.2, 0.25) is 0 Å². The highest BCUT2D eigenvalue weighted by Crippen LogP contribution is 2.45. The molecule has 1 aromatic carbocycles. The Morgan fingerprint density at radius 3 is 2.89 bits per heavy atom. The summed E-state index contributed by atoms with van der Waals surface area (Å²) in [6.45, 7) is 3.38. The molecule has 0 bridgehead atoms. The third-order valence-electron chi connectivity index (χ3n) is 2.88. The van der Waals surface area contributed by atoms with Crippen LogP contribution in [-0.2, 0) is 11.2 Å². The molecule has 1 aliphatic rings. The lowest BCUT2D eigenvalue weighted by Gasteiger charge is -2.09. The van der Waals surface area contributed by atoms with Gasteiger partial charge < -0.3 is 14.6 Å². The van der Waals surface area contributed by atoms with E-state index < -0.39 is 17.0 Å². The summed E-state index contributed by atoms with van der Waals surface area (Å²) in [5.74, 6) is -0.732. The van der Waals surface area contributed by atoms with Crippen molar-refractivity contribution in [2.75, 3.05) is 6.61 Å². The fourth-order valence-corrected chi connectivity index (χ4v) is 2.04. The molecule has 0 amide bonds. The second-order valence-electron chi connectivity index (χ2n) is 4.12. The summed E-state index contributed by atoms with van der Waals surface area (Å²) in [5.41, 5.74) is -0.163. The molecule has 1 aromatic rings. The molecular formula is C12H13NO6. The number of ether oxygens (including phenoxy) is 2. The maximum Gasteiger partial charge on any atom is 0.312 e. The Labute approximate surface area is 108 Å². The number of rotatable bonds is 4. The van der Waals surface area contributed by atoms with Crippen molar-refractivity contribution in [3.63, 3.8) is 0 Å². The minimum Gasteiger partial charge on any atom is -0.507 e. The van der Waals surface area contributed by atoms with E-state index in [9.17, 15) is 20.0 Å². The van der Waals surface area contributed by atoms with E-state index in [0.717, 1.165) is 6.07 Å². The summed E-state index contributed by atoms with van der Waals surface area (Å²) >= 11 is 0. The summed E-state index contributed by atoms with van der Waals surface area (Å²) in [7, 11) is 0. The van der Waals surface area contributed by atoms with Crippen molar-refractivity contribution in [1.29, 1.82) is 0 Å². The molecule has 7 heteroatoms. The van der Waals surface area contributed by atoms with Crippen molar-refractivity contribution < 1.29 is 24.3 Å². The molecule has 0 fully saturated rings. The highest BCUT2D eigenvalue weighted by Gasteiger charge is 2.35. The molecule has 0 aliphatic carbocycles. The van der Waals surface area contributed by atoms with Crippen LogP contribution in [0.4, 0.5) is 5.69 Å². The minimum absolute atomic E-state index is 0.0223. The Morgan fingerprint density at radius 2 is 2.37 bits per heavy atom. The first-order valence-corrected chi connectivity index (χ1v) is 5.78. The normalized spacial score (nSPS) is 16.8. The molecule has 19 heavy (non-hydrogen) atoms. The zero-order valence-corrected chi connectivity index (χ0v) is 10.5. The van der Waals surface area contributed by atoms with E-state index in [0.29, 0.717) is 6.61 Å². The van der Waals surface area contributed by atoms with Gasteiger partial charge in [-0.05, 0) is 13.8 Å². The van der Waals surface area contributed by atoms with Gasteiger partial charge >= 0.3 is 5.69 Å². The van der Waals surface area contributed by atoms with Crippen molar-refractivity contribution in [2.45, 2.75) is 26.6 Å². The van der Waals surface area contributed by atoms with Crippen LogP contribution < -0.4 is 4.74 Å². The number of nitro groups is 1. The Bertz CT molecular complexity index is 554. The fourth-order valence-electron chi connectivity index (χ4n) is 2.04. The van der Waals surface area contributed by atoms with E-state index in [1.54, 1.807) is 6.92 Å². The van der Waals surface area contributed by atoms with Crippen molar-refractivity contribution >= 4 is 11.5 Å². The van der Waals surface area contributed by atoms with E-state index in [2.05, 4.69) is 0 Å². The van der Waals surface area contributed by atoms with Gasteiger partial charge in [-0.3, -0.25) is 14.9 Å². The minimum atomic E-state index is -0.674. The summed E-state index contributed by atoms with van der Waals surface area (Å²) in [4.78, 5) is 21.8. The number of hydrogen-bond acceptors (Lipinski definition) is 6. The SMILES string of the molecule is CCOC1Cc2c(O)c(C(C)=O)cc([N+](=O)[O-])c2O1. The molecule has 0 spiro atoms. The average molecular weight is 267 g/mol. The van der Waals surface area contributed by atoms with E-state index in [4.69, 9.17) is 9.47 Å². The van der Waals surface area contributed by atoms with Gasteiger partial charge in [-0.1, -0.05) is 0 Å². The number of phenols is 1. The molecule has 0 aromatic heterocycles. The molecule has 1 N–H and O–H groups in total. The molecule has 1 unspecified atom stereocenters. The van der Waals surface area contributed by atoms with Crippen LogP contribution in [0.15, 0.2) is 6.07 Å². The van der Waals surface area contributed by atoms with Crippen molar-refractivity contribution in [3.8, 4) is 11.5 Å². The Morgan fingerprint density at radius 1 is 1.68 bits per heavy atom. The number of carbonyl (C=O) groups is 1. The van der Waals surface area contributed by atoms with Gasteiger partial charge in [0.1, 0.15) is 5.75 Å². The van der Waals surface area contributed by atoms with E-state index >= 15 is 0 Å². The largest absolute Gasteiger partial charge is 0.507 e. The van der Waals surface area contributed by atoms with Crippen LogP contribution in [-0.4, -0.2) is 28.7 Å². The standard InChI is InChI=1S/C12H13NO6/c1-3-18-10-5-8-11(15)7(6(2)14)4-9(13(16)17)12(8)19-10/h4,10,15H,3,5H2,1-2H3. The van der Waals surface area contributed by atoms with Gasteiger partial charge in [-0.2, -0.15) is 0 Å². The molecule has 1 heterocycles. The number of hydrogen-bond donors (Lipinski definition) is 1. The smallest absolute Gasteiger partial charge is 0.312 e. The van der Waals surface area contributed by atoms with Crippen LogP contribution in [0, 0.1) is 10.1 Å². The van der Waals surface area contributed by atoms with Gasteiger partial charge in [0, 0.05) is 19.1 Å². The maximum absolute atomic E-state index is 11.4. The second-order valence-corrected chi connectivity index (χ2v) is 4.12. The van der Waals surface area contributed by atoms with Gasteiger partial charge in [0.25, 0.3) is 0 Å². The van der Waals surface area contributed by atoms with Gasteiger partial charge in [-0.25, -0.2) is 0 Å². The molecule has 0 radical (unpaired) electrons. The monoisotopic (exact) mass is 267 g/mol. The summed E-state index contributed by atoms with van der Waals surface area (Å²) < 4.78 is 10.6. The summed E-state index contributed by atoms with van der Waals surface area (Å²) in [6.07, 6.45) is -0.497. The van der Waals surface area contributed by atoms with Crippen molar-refractivity contribution in [1.82, 2.24) is 0 Å². The summed E-state index contributed by atoms with van der Waals surface area (Å²) in [5, 5.41) is 21.0.